The number of halogens is 3. The second-order valence-electron chi connectivity index (χ2n) is 5.69. The van der Waals surface area contributed by atoms with Gasteiger partial charge in [-0.3, -0.25) is 9.59 Å². The maximum Gasteiger partial charge on any atom is 0.449 e. The molecule has 2 N–H and O–H groups in total. The van der Waals surface area contributed by atoms with Crippen LogP contribution in [0.4, 0.5) is 13.2 Å². The molecule has 1 heterocycles. The van der Waals surface area contributed by atoms with Crippen LogP contribution in [0.15, 0.2) is 54.6 Å². The van der Waals surface area contributed by atoms with Gasteiger partial charge in [-0.25, -0.2) is 4.98 Å². The number of carbonyl (C=O) groups excluding carboxylic acids is 2. The van der Waals surface area contributed by atoms with Crippen molar-refractivity contribution in [2.24, 2.45) is 5.73 Å². The summed E-state index contributed by atoms with van der Waals surface area (Å²) >= 11 is 0. The van der Waals surface area contributed by atoms with Crippen LogP contribution in [0, 0.1) is 0 Å². The minimum absolute atomic E-state index is 0.0899. The Labute approximate surface area is 151 Å². The quantitative estimate of drug-likeness (QED) is 0.693. The van der Waals surface area contributed by atoms with Gasteiger partial charge in [0.05, 0.1) is 11.0 Å². The van der Waals surface area contributed by atoms with Crippen LogP contribution in [0.2, 0.25) is 0 Å². The predicted molar refractivity (Wildman–Crippen MR) is 89.2 cm³/mol. The van der Waals surface area contributed by atoms with E-state index < -0.39 is 36.5 Å². The van der Waals surface area contributed by atoms with Crippen molar-refractivity contribution in [3.8, 4) is 0 Å². The van der Waals surface area contributed by atoms with Crippen LogP contribution >= 0.6 is 0 Å². The molecule has 0 aliphatic heterocycles. The van der Waals surface area contributed by atoms with Crippen molar-refractivity contribution in [3.05, 3.63) is 66.0 Å². The van der Waals surface area contributed by atoms with E-state index in [2.05, 4.69) is 4.98 Å². The third kappa shape index (κ3) is 3.91. The molecule has 2 aromatic carbocycles. The zero-order valence-corrected chi connectivity index (χ0v) is 13.8. The maximum absolute atomic E-state index is 13.3. The summed E-state index contributed by atoms with van der Waals surface area (Å²) < 4.78 is 45.6. The van der Waals surface area contributed by atoms with Crippen LogP contribution in [0.3, 0.4) is 0 Å². The van der Waals surface area contributed by atoms with Gasteiger partial charge in [-0.15, -0.1) is 0 Å². The van der Waals surface area contributed by atoms with Gasteiger partial charge in [-0.05, 0) is 12.1 Å². The molecule has 0 fully saturated rings. The molecule has 1 unspecified atom stereocenters. The number of amides is 1. The Morgan fingerprint density at radius 2 is 1.70 bits per heavy atom. The lowest BCUT2D eigenvalue weighted by molar-refractivity contribution is -0.158. The van der Waals surface area contributed by atoms with Gasteiger partial charge in [-0.1, -0.05) is 42.5 Å². The van der Waals surface area contributed by atoms with Crippen LogP contribution in [-0.2, 0) is 27.0 Å². The fourth-order valence-electron chi connectivity index (χ4n) is 2.67. The monoisotopic (exact) mass is 377 g/mol. The number of para-hydroxylation sites is 2. The molecule has 3 aromatic rings. The SMILES string of the molecule is NC(=O)C(OC(=O)Cn1c(C(F)(F)F)nc2ccccc21)c1ccccc1. The van der Waals surface area contributed by atoms with Crippen LogP contribution in [0.1, 0.15) is 17.5 Å². The van der Waals surface area contributed by atoms with Crippen molar-refractivity contribution < 1.29 is 27.5 Å². The lowest BCUT2D eigenvalue weighted by Gasteiger charge is -2.16. The van der Waals surface area contributed by atoms with Crippen molar-refractivity contribution in [1.29, 1.82) is 0 Å². The van der Waals surface area contributed by atoms with Gasteiger partial charge in [0, 0.05) is 5.56 Å². The molecule has 1 amide bonds. The van der Waals surface area contributed by atoms with E-state index in [4.69, 9.17) is 10.5 Å². The minimum atomic E-state index is -4.76. The number of aromatic nitrogens is 2. The van der Waals surface area contributed by atoms with E-state index in [1.54, 1.807) is 18.2 Å². The molecule has 0 aliphatic rings. The molecule has 3 rings (SSSR count). The summed E-state index contributed by atoms with van der Waals surface area (Å²) in [6.45, 7) is -0.772. The summed E-state index contributed by atoms with van der Waals surface area (Å²) in [7, 11) is 0. The van der Waals surface area contributed by atoms with Gasteiger partial charge in [0.1, 0.15) is 6.54 Å². The number of nitrogens with two attached hydrogens (primary N) is 1. The molecular formula is C18H14F3N3O3. The van der Waals surface area contributed by atoms with E-state index in [1.165, 1.54) is 36.4 Å². The molecule has 9 heteroatoms. The topological polar surface area (TPSA) is 87.2 Å². The zero-order valence-electron chi connectivity index (χ0n) is 13.8. The molecule has 6 nitrogen and oxygen atoms in total. The number of ether oxygens (including phenoxy) is 1. The van der Waals surface area contributed by atoms with E-state index in [0.717, 1.165) is 0 Å². The zero-order chi connectivity index (χ0) is 19.6. The fraction of sp³-hybridized carbons (Fsp3) is 0.167. The number of carbonyl (C=O) groups is 2. The van der Waals surface area contributed by atoms with Gasteiger partial charge < -0.3 is 15.0 Å². The van der Waals surface area contributed by atoms with E-state index >= 15 is 0 Å². The van der Waals surface area contributed by atoms with Crippen molar-refractivity contribution in [1.82, 2.24) is 9.55 Å². The molecule has 27 heavy (non-hydrogen) atoms. The second-order valence-corrected chi connectivity index (χ2v) is 5.69. The highest BCUT2D eigenvalue weighted by molar-refractivity contribution is 5.84. The van der Waals surface area contributed by atoms with Crippen molar-refractivity contribution in [2.45, 2.75) is 18.8 Å². The Kier molecular flexibility index (Phi) is 4.85. The highest BCUT2D eigenvalue weighted by Crippen LogP contribution is 2.31. The normalized spacial score (nSPS) is 12.7. The number of fused-ring (bicyclic) bond motifs is 1. The summed E-state index contributed by atoms with van der Waals surface area (Å²) in [6.07, 6.45) is -6.16. The smallest absolute Gasteiger partial charge is 0.446 e. The van der Waals surface area contributed by atoms with Gasteiger partial charge in [0.25, 0.3) is 5.91 Å². The number of alkyl halides is 3. The lowest BCUT2D eigenvalue weighted by Crippen LogP contribution is -2.28. The van der Waals surface area contributed by atoms with Gasteiger partial charge in [-0.2, -0.15) is 13.2 Å². The van der Waals surface area contributed by atoms with Gasteiger partial charge in [0.2, 0.25) is 11.9 Å². The predicted octanol–water partition coefficient (Wildman–Crippen LogP) is 2.82. The molecule has 0 saturated carbocycles. The van der Waals surface area contributed by atoms with Crippen LogP contribution in [0.5, 0.6) is 0 Å². The van der Waals surface area contributed by atoms with Crippen molar-refractivity contribution in [2.75, 3.05) is 0 Å². The number of primary amides is 1. The average molecular weight is 377 g/mol. The molecule has 0 saturated heterocycles. The Morgan fingerprint density at radius 1 is 1.07 bits per heavy atom. The summed E-state index contributed by atoms with van der Waals surface area (Å²) in [6, 6.07) is 13.9. The number of hydrogen-bond acceptors (Lipinski definition) is 4. The number of nitrogens with zero attached hydrogens (tertiary/aromatic N) is 2. The van der Waals surface area contributed by atoms with Crippen LogP contribution in [-0.4, -0.2) is 21.4 Å². The first-order valence-electron chi connectivity index (χ1n) is 7.83. The number of esters is 1. The number of hydrogen-bond donors (Lipinski definition) is 1. The van der Waals surface area contributed by atoms with E-state index in [9.17, 15) is 22.8 Å². The minimum Gasteiger partial charge on any atom is -0.446 e. The second kappa shape index (κ2) is 7.10. The average Bonchev–Trinajstić information content (AvgIpc) is 2.99. The highest BCUT2D eigenvalue weighted by atomic mass is 19.4. The van der Waals surface area contributed by atoms with Gasteiger partial charge >= 0.3 is 12.1 Å². The summed E-state index contributed by atoms with van der Waals surface area (Å²) in [5.41, 5.74) is 5.80. The molecule has 0 radical (unpaired) electrons. The molecule has 0 bridgehead atoms. The molecule has 1 aromatic heterocycles. The number of benzene rings is 2. The Balaban J connectivity index is 1.91. The number of imidazole rings is 1. The van der Waals surface area contributed by atoms with Crippen molar-refractivity contribution in [3.63, 3.8) is 0 Å². The van der Waals surface area contributed by atoms with E-state index in [0.29, 0.717) is 10.1 Å². The Hall–Kier alpha value is -3.36. The number of rotatable bonds is 5. The molecule has 1 atom stereocenters. The molecule has 140 valence electrons. The summed E-state index contributed by atoms with van der Waals surface area (Å²) in [5, 5.41) is 0. The first-order chi connectivity index (χ1) is 12.8. The van der Waals surface area contributed by atoms with Crippen LogP contribution in [0.25, 0.3) is 11.0 Å². The van der Waals surface area contributed by atoms with Crippen LogP contribution < -0.4 is 5.73 Å². The molecule has 0 spiro atoms. The van der Waals surface area contributed by atoms with E-state index in [-0.39, 0.29) is 11.0 Å². The third-order valence-corrected chi connectivity index (χ3v) is 3.81. The lowest BCUT2D eigenvalue weighted by atomic mass is 10.1. The highest BCUT2D eigenvalue weighted by Gasteiger charge is 2.38. The van der Waals surface area contributed by atoms with Crippen molar-refractivity contribution >= 4 is 22.9 Å². The third-order valence-electron chi connectivity index (χ3n) is 3.81. The Morgan fingerprint density at radius 3 is 2.33 bits per heavy atom. The maximum atomic E-state index is 13.3. The van der Waals surface area contributed by atoms with E-state index in [1.807, 2.05) is 0 Å². The molecular weight excluding hydrogens is 363 g/mol. The summed E-state index contributed by atoms with van der Waals surface area (Å²) in [4.78, 5) is 27.4. The Bertz CT molecular complexity index is 984. The fourth-order valence-corrected chi connectivity index (χ4v) is 2.67. The largest absolute Gasteiger partial charge is 0.449 e. The summed E-state index contributed by atoms with van der Waals surface area (Å²) in [5.74, 6) is -3.20. The molecule has 0 aliphatic carbocycles. The standard InChI is InChI=1S/C18H14F3N3O3/c19-18(20,21)17-23-12-8-4-5-9-13(12)24(17)10-14(25)27-15(16(22)26)11-6-2-1-3-7-11/h1-9,15H,10H2,(H2,22,26). The first-order valence-corrected chi connectivity index (χ1v) is 7.83. The first kappa shape index (κ1) is 18.4. The van der Waals surface area contributed by atoms with Gasteiger partial charge in [0.15, 0.2) is 0 Å².